The van der Waals surface area contributed by atoms with Crippen LogP contribution in [0.15, 0.2) is 23.6 Å². The number of carbonyl (C=O) groups is 3. The molecule has 3 amide bonds. The van der Waals surface area contributed by atoms with Crippen molar-refractivity contribution in [1.82, 2.24) is 9.88 Å². The van der Waals surface area contributed by atoms with E-state index in [-0.39, 0.29) is 10.8 Å². The highest BCUT2D eigenvalue weighted by atomic mass is 35.5. The molecule has 2 aromatic rings. The van der Waals surface area contributed by atoms with Crippen molar-refractivity contribution in [2.45, 2.75) is 11.8 Å². The van der Waals surface area contributed by atoms with Gasteiger partial charge in [-0.2, -0.15) is 0 Å². The van der Waals surface area contributed by atoms with Gasteiger partial charge in [-0.25, -0.2) is 19.4 Å². The highest BCUT2D eigenvalue weighted by Crippen LogP contribution is 2.47. The summed E-state index contributed by atoms with van der Waals surface area (Å²) < 4.78 is 4.84. The Morgan fingerprint density at radius 3 is 2.83 bits per heavy atom. The van der Waals surface area contributed by atoms with Crippen LogP contribution in [0.4, 0.5) is 20.4 Å². The molecule has 2 aliphatic rings. The number of ether oxygens (including phenoxy) is 1. The number of likely N-dealkylation sites (tertiary alicyclic amines) is 1. The summed E-state index contributed by atoms with van der Waals surface area (Å²) in [6, 6.07) is 4.89. The van der Waals surface area contributed by atoms with Crippen molar-refractivity contribution in [2.24, 2.45) is 0 Å². The summed E-state index contributed by atoms with van der Waals surface area (Å²) in [5, 5.41) is 13.8. The van der Waals surface area contributed by atoms with Gasteiger partial charge in [-0.3, -0.25) is 10.2 Å². The average molecular weight is 437 g/mol. The van der Waals surface area contributed by atoms with Crippen LogP contribution in [0.1, 0.15) is 22.5 Å². The molecule has 4 rings (SSSR count). The number of benzene rings is 1. The first-order chi connectivity index (χ1) is 13.8. The number of nitrogens with zero attached hydrogens (tertiary/aromatic N) is 3. The third kappa shape index (κ3) is 3.38. The zero-order valence-corrected chi connectivity index (χ0v) is 16.9. The number of anilines is 2. The fraction of sp³-hybridized carbons (Fsp3) is 0.333. The topological polar surface area (TPSA) is 112 Å². The van der Waals surface area contributed by atoms with Gasteiger partial charge in [0.05, 0.1) is 7.11 Å². The standard InChI is InChI=1S/C18H17ClN4O5S/c1-28-17(27)22-5-4-18(8-22)9-23(13-3-2-10(19)6-11(13)18)16(26)21-15-20-12(7-29-15)14(24)25/h2-3,6-7H,4-5,8-9H2,1H3,(H,24,25)(H,20,21,26). The molecular formula is C18H17ClN4O5S. The highest BCUT2D eigenvalue weighted by Gasteiger charge is 2.50. The van der Waals surface area contributed by atoms with E-state index in [1.54, 1.807) is 21.9 Å². The van der Waals surface area contributed by atoms with Gasteiger partial charge in [0.15, 0.2) is 10.8 Å². The number of halogens is 1. The number of amides is 3. The van der Waals surface area contributed by atoms with Crippen molar-refractivity contribution in [3.63, 3.8) is 0 Å². The first-order valence-corrected chi connectivity index (χ1v) is 9.99. The predicted octanol–water partition coefficient (Wildman–Crippen LogP) is 3.26. The molecule has 9 nitrogen and oxygen atoms in total. The van der Waals surface area contributed by atoms with Crippen LogP contribution in [0.5, 0.6) is 0 Å². The molecule has 0 radical (unpaired) electrons. The Kier molecular flexibility index (Phi) is 4.83. The zero-order chi connectivity index (χ0) is 20.8. The van der Waals surface area contributed by atoms with Gasteiger partial charge in [0, 0.05) is 41.1 Å². The number of carbonyl (C=O) groups excluding carboxylic acids is 2. The van der Waals surface area contributed by atoms with E-state index in [1.165, 1.54) is 12.5 Å². The van der Waals surface area contributed by atoms with Gasteiger partial charge in [0.2, 0.25) is 0 Å². The van der Waals surface area contributed by atoms with Gasteiger partial charge in [0.1, 0.15) is 0 Å². The second kappa shape index (κ2) is 7.20. The van der Waals surface area contributed by atoms with Crippen LogP contribution in [-0.2, 0) is 10.2 Å². The van der Waals surface area contributed by atoms with Crippen LogP contribution in [0.2, 0.25) is 5.02 Å². The van der Waals surface area contributed by atoms with Crippen LogP contribution < -0.4 is 10.2 Å². The Morgan fingerprint density at radius 1 is 1.34 bits per heavy atom. The summed E-state index contributed by atoms with van der Waals surface area (Å²) in [5.41, 5.74) is 1.03. The third-order valence-electron chi connectivity index (χ3n) is 5.25. The molecule has 0 saturated carbocycles. The molecule has 1 atom stereocenters. The lowest BCUT2D eigenvalue weighted by Gasteiger charge is -2.25. The molecule has 3 heterocycles. The Balaban J connectivity index is 1.61. The van der Waals surface area contributed by atoms with Gasteiger partial charge >= 0.3 is 18.1 Å². The minimum Gasteiger partial charge on any atom is -0.476 e. The summed E-state index contributed by atoms with van der Waals surface area (Å²) in [4.78, 5) is 43.0. The van der Waals surface area contributed by atoms with E-state index in [4.69, 9.17) is 21.4 Å². The van der Waals surface area contributed by atoms with E-state index >= 15 is 0 Å². The maximum absolute atomic E-state index is 12.9. The Bertz CT molecular complexity index is 1010. The molecule has 1 spiro atoms. The van der Waals surface area contributed by atoms with E-state index in [2.05, 4.69) is 10.3 Å². The molecule has 2 aliphatic heterocycles. The SMILES string of the molecule is COC(=O)N1CCC2(C1)CN(C(=O)Nc1nc(C(=O)O)cs1)c1ccc(Cl)cc12. The number of aromatic nitrogens is 1. The molecule has 1 unspecified atom stereocenters. The molecule has 0 bridgehead atoms. The number of hydrogen-bond acceptors (Lipinski definition) is 6. The van der Waals surface area contributed by atoms with Crippen LogP contribution >= 0.6 is 22.9 Å². The monoisotopic (exact) mass is 436 g/mol. The van der Waals surface area contributed by atoms with E-state index in [9.17, 15) is 14.4 Å². The number of fused-ring (bicyclic) bond motifs is 2. The predicted molar refractivity (Wildman–Crippen MR) is 107 cm³/mol. The molecule has 1 saturated heterocycles. The quantitative estimate of drug-likeness (QED) is 0.747. The largest absolute Gasteiger partial charge is 0.476 e. The Hall–Kier alpha value is -2.85. The summed E-state index contributed by atoms with van der Waals surface area (Å²) in [6.07, 6.45) is 0.261. The normalized spacial score (nSPS) is 20.1. The number of carboxylic acids is 1. The van der Waals surface area contributed by atoms with Crippen LogP contribution in [0.3, 0.4) is 0 Å². The summed E-state index contributed by atoms with van der Waals surface area (Å²) in [5.74, 6) is -1.16. The number of rotatable bonds is 2. The second-order valence-electron chi connectivity index (χ2n) is 6.94. The fourth-order valence-electron chi connectivity index (χ4n) is 3.92. The summed E-state index contributed by atoms with van der Waals surface area (Å²) in [7, 11) is 1.34. The Morgan fingerprint density at radius 2 is 2.14 bits per heavy atom. The lowest BCUT2D eigenvalue weighted by molar-refractivity contribution is 0.0691. The zero-order valence-electron chi connectivity index (χ0n) is 15.3. The Labute approximate surface area is 174 Å². The third-order valence-corrected chi connectivity index (χ3v) is 6.24. The molecule has 1 aromatic heterocycles. The van der Waals surface area contributed by atoms with Crippen molar-refractivity contribution in [3.8, 4) is 0 Å². The number of nitrogens with one attached hydrogen (secondary N) is 1. The number of urea groups is 1. The molecular weight excluding hydrogens is 420 g/mol. The average Bonchev–Trinajstić information content (AvgIpc) is 3.40. The molecule has 1 fully saturated rings. The van der Waals surface area contributed by atoms with E-state index in [1.807, 2.05) is 6.07 Å². The van der Waals surface area contributed by atoms with Gasteiger partial charge in [-0.1, -0.05) is 11.6 Å². The number of hydrogen-bond donors (Lipinski definition) is 2. The minimum atomic E-state index is -1.16. The first kappa shape index (κ1) is 19.5. The van der Waals surface area contributed by atoms with Crippen molar-refractivity contribution >= 4 is 51.9 Å². The van der Waals surface area contributed by atoms with E-state index in [0.717, 1.165) is 16.9 Å². The summed E-state index contributed by atoms with van der Waals surface area (Å²) >= 11 is 7.25. The molecule has 29 heavy (non-hydrogen) atoms. The molecule has 2 N–H and O–H groups in total. The van der Waals surface area contributed by atoms with Gasteiger partial charge in [-0.15, -0.1) is 11.3 Å². The molecule has 152 valence electrons. The molecule has 1 aromatic carbocycles. The van der Waals surface area contributed by atoms with Crippen LogP contribution in [0, 0.1) is 0 Å². The summed E-state index contributed by atoms with van der Waals surface area (Å²) in [6.45, 7) is 1.29. The smallest absolute Gasteiger partial charge is 0.409 e. The van der Waals surface area contributed by atoms with Gasteiger partial charge in [0.25, 0.3) is 0 Å². The fourth-order valence-corrected chi connectivity index (χ4v) is 4.76. The first-order valence-electron chi connectivity index (χ1n) is 8.73. The second-order valence-corrected chi connectivity index (χ2v) is 8.24. The van der Waals surface area contributed by atoms with E-state index < -0.39 is 23.5 Å². The van der Waals surface area contributed by atoms with Crippen molar-refractivity contribution in [3.05, 3.63) is 39.9 Å². The number of methoxy groups -OCH3 is 1. The number of aromatic carboxylic acids is 1. The van der Waals surface area contributed by atoms with Gasteiger partial charge in [-0.05, 0) is 30.2 Å². The van der Waals surface area contributed by atoms with Crippen molar-refractivity contribution in [2.75, 3.05) is 37.0 Å². The molecule has 0 aliphatic carbocycles. The molecule has 11 heteroatoms. The maximum Gasteiger partial charge on any atom is 0.409 e. The van der Waals surface area contributed by atoms with E-state index in [0.29, 0.717) is 36.8 Å². The van der Waals surface area contributed by atoms with Crippen LogP contribution in [0.25, 0.3) is 0 Å². The van der Waals surface area contributed by atoms with Gasteiger partial charge < -0.3 is 14.7 Å². The van der Waals surface area contributed by atoms with Crippen LogP contribution in [-0.4, -0.2) is 59.8 Å². The highest BCUT2D eigenvalue weighted by molar-refractivity contribution is 7.14. The number of thiazole rings is 1. The van der Waals surface area contributed by atoms with Crippen molar-refractivity contribution in [1.29, 1.82) is 0 Å². The minimum absolute atomic E-state index is 0.125. The lowest BCUT2D eigenvalue weighted by atomic mass is 9.81. The lowest BCUT2D eigenvalue weighted by Crippen LogP contribution is -2.41. The number of carboxylic acid groups (broad SMARTS) is 1. The maximum atomic E-state index is 12.9. The van der Waals surface area contributed by atoms with Crippen molar-refractivity contribution < 1.29 is 24.2 Å².